The molecule has 0 bridgehead atoms. The molecule has 184 valence electrons. The van der Waals surface area contributed by atoms with E-state index in [-0.39, 0.29) is 10.8 Å². The minimum absolute atomic E-state index is 0.0404. The van der Waals surface area contributed by atoms with Crippen molar-refractivity contribution in [3.05, 3.63) is 24.0 Å². The molecule has 1 aromatic carbocycles. The summed E-state index contributed by atoms with van der Waals surface area (Å²) in [6.07, 6.45) is 7.84. The maximum atomic E-state index is 12.5. The number of carbonyl (C=O) groups excluding carboxylic acids is 1. The highest BCUT2D eigenvalue weighted by atomic mass is 32.2. The van der Waals surface area contributed by atoms with Crippen LogP contribution in [0.5, 0.6) is 0 Å². The summed E-state index contributed by atoms with van der Waals surface area (Å²) >= 11 is 0. The topological polar surface area (TPSA) is 87.5 Å². The lowest BCUT2D eigenvalue weighted by Crippen LogP contribution is -2.33. The monoisotopic (exact) mass is 477 g/mol. The molecule has 3 rings (SSSR count). The second kappa shape index (κ2) is 11.9. The van der Waals surface area contributed by atoms with Gasteiger partial charge in [0.05, 0.1) is 15.9 Å². The summed E-state index contributed by atoms with van der Waals surface area (Å²) in [5, 5.41) is 3.04. The van der Waals surface area contributed by atoms with E-state index in [9.17, 15) is 13.2 Å². The molecule has 1 fully saturated rings. The van der Waals surface area contributed by atoms with Gasteiger partial charge in [-0.25, -0.2) is 17.7 Å². The zero-order valence-corrected chi connectivity index (χ0v) is 21.2. The number of carbonyl (C=O) groups is 1. The molecule has 0 aliphatic carbocycles. The van der Waals surface area contributed by atoms with Crippen LogP contribution < -0.4 is 5.32 Å². The van der Waals surface area contributed by atoms with E-state index >= 15 is 0 Å². The predicted octanol–water partition coefficient (Wildman–Crippen LogP) is 3.01. The molecule has 0 spiro atoms. The highest BCUT2D eigenvalue weighted by Gasteiger charge is 2.20. The summed E-state index contributed by atoms with van der Waals surface area (Å²) < 4.78 is 28.4. The average molecular weight is 478 g/mol. The van der Waals surface area contributed by atoms with Crippen molar-refractivity contribution in [1.82, 2.24) is 24.1 Å². The number of nitrogens with zero attached hydrogens (tertiary/aromatic N) is 4. The average Bonchev–Trinajstić information content (AvgIpc) is 3.16. The van der Waals surface area contributed by atoms with Crippen LogP contribution in [-0.4, -0.2) is 73.4 Å². The summed E-state index contributed by atoms with van der Waals surface area (Å²) in [5.74, 6) is 0.875. The number of unbranched alkanes of at least 4 members (excludes halogenated alkanes) is 1. The molecule has 1 saturated heterocycles. The highest BCUT2D eigenvalue weighted by Crippen LogP contribution is 2.23. The van der Waals surface area contributed by atoms with Gasteiger partial charge >= 0.3 is 0 Å². The summed E-state index contributed by atoms with van der Waals surface area (Å²) in [4.78, 5) is 19.9. The van der Waals surface area contributed by atoms with E-state index < -0.39 is 10.0 Å². The maximum absolute atomic E-state index is 12.5. The standard InChI is InChI=1S/C24H39N5O3S/c1-4-5-18-29-22-11-10-20(33(31,32)27(2)3)19-21(22)26-23(29)12-13-24(30)25-14-9-17-28-15-7-6-8-16-28/h10-11,19H,4-9,12-18H2,1-3H3,(H,25,30). The molecule has 9 heteroatoms. The van der Waals surface area contributed by atoms with Crippen molar-refractivity contribution in [2.75, 3.05) is 40.3 Å². The lowest BCUT2D eigenvalue weighted by atomic mass is 10.1. The largest absolute Gasteiger partial charge is 0.356 e. The molecular formula is C24H39N5O3S. The van der Waals surface area contributed by atoms with Crippen LogP contribution in [0.1, 0.15) is 57.7 Å². The smallest absolute Gasteiger partial charge is 0.242 e. The molecule has 1 amide bonds. The molecule has 0 saturated carbocycles. The molecule has 1 N–H and O–H groups in total. The number of rotatable bonds is 12. The molecule has 1 aliphatic heterocycles. The van der Waals surface area contributed by atoms with Gasteiger partial charge in [-0.1, -0.05) is 19.8 Å². The Kier molecular flexibility index (Phi) is 9.28. The molecule has 8 nitrogen and oxygen atoms in total. The molecule has 1 aromatic heterocycles. The van der Waals surface area contributed by atoms with Crippen molar-refractivity contribution in [1.29, 1.82) is 0 Å². The van der Waals surface area contributed by atoms with Crippen molar-refractivity contribution in [3.8, 4) is 0 Å². The van der Waals surface area contributed by atoms with Crippen molar-refractivity contribution in [3.63, 3.8) is 0 Å². The second-order valence-corrected chi connectivity index (χ2v) is 11.2. The Morgan fingerprint density at radius 1 is 1.12 bits per heavy atom. The van der Waals surface area contributed by atoms with Crippen LogP contribution in [0.4, 0.5) is 0 Å². The Balaban J connectivity index is 1.62. The zero-order chi connectivity index (χ0) is 23.8. The summed E-state index contributed by atoms with van der Waals surface area (Å²) in [7, 11) is -0.472. The minimum Gasteiger partial charge on any atom is -0.356 e. The Morgan fingerprint density at radius 3 is 2.58 bits per heavy atom. The fourth-order valence-corrected chi connectivity index (χ4v) is 5.24. The van der Waals surface area contributed by atoms with Crippen LogP contribution in [0.3, 0.4) is 0 Å². The fourth-order valence-electron chi connectivity index (χ4n) is 4.31. The van der Waals surface area contributed by atoms with Gasteiger partial charge in [-0.05, 0) is 63.5 Å². The number of amides is 1. The van der Waals surface area contributed by atoms with Crippen LogP contribution in [0.2, 0.25) is 0 Å². The molecule has 1 aliphatic rings. The SMILES string of the molecule is CCCCn1c(CCC(=O)NCCCN2CCCCC2)nc2cc(S(=O)(=O)N(C)C)ccc21. The van der Waals surface area contributed by atoms with Crippen molar-refractivity contribution < 1.29 is 13.2 Å². The third kappa shape index (κ3) is 6.77. The first-order valence-electron chi connectivity index (χ1n) is 12.2. The quantitative estimate of drug-likeness (QED) is 0.475. The molecular weight excluding hydrogens is 438 g/mol. The number of imidazole rings is 1. The van der Waals surface area contributed by atoms with Crippen LogP contribution in [-0.2, 0) is 27.8 Å². The van der Waals surface area contributed by atoms with Gasteiger partial charge in [0.15, 0.2) is 0 Å². The third-order valence-corrected chi connectivity index (χ3v) is 8.12. The van der Waals surface area contributed by atoms with E-state index in [1.807, 2.05) is 6.07 Å². The number of piperidine rings is 1. The highest BCUT2D eigenvalue weighted by molar-refractivity contribution is 7.89. The number of nitrogens with one attached hydrogen (secondary N) is 1. The molecule has 0 radical (unpaired) electrons. The van der Waals surface area contributed by atoms with E-state index in [0.29, 0.717) is 24.9 Å². The Labute approximate surface area is 198 Å². The lowest BCUT2D eigenvalue weighted by molar-refractivity contribution is -0.121. The Bertz CT molecular complexity index is 1030. The van der Waals surface area contributed by atoms with E-state index in [4.69, 9.17) is 4.98 Å². The minimum atomic E-state index is -3.52. The first kappa shape index (κ1) is 25.6. The number of aromatic nitrogens is 2. The predicted molar refractivity (Wildman–Crippen MR) is 132 cm³/mol. The van der Waals surface area contributed by atoms with Crippen LogP contribution in [0.15, 0.2) is 23.1 Å². The van der Waals surface area contributed by atoms with E-state index in [0.717, 1.165) is 43.7 Å². The van der Waals surface area contributed by atoms with E-state index in [1.165, 1.54) is 50.8 Å². The van der Waals surface area contributed by atoms with Gasteiger partial charge < -0.3 is 14.8 Å². The van der Waals surface area contributed by atoms with Crippen molar-refractivity contribution in [2.24, 2.45) is 0 Å². The zero-order valence-electron chi connectivity index (χ0n) is 20.3. The number of likely N-dealkylation sites (tertiary alicyclic amines) is 1. The molecule has 0 atom stereocenters. The molecule has 2 heterocycles. The van der Waals surface area contributed by atoms with Gasteiger partial charge in [0.25, 0.3) is 0 Å². The van der Waals surface area contributed by atoms with Gasteiger partial charge in [0.1, 0.15) is 5.82 Å². The van der Waals surface area contributed by atoms with Gasteiger partial charge in [0, 0.05) is 40.0 Å². The van der Waals surface area contributed by atoms with Crippen molar-refractivity contribution >= 4 is 27.0 Å². The third-order valence-electron chi connectivity index (χ3n) is 6.31. The number of hydrogen-bond donors (Lipinski definition) is 1. The van der Waals surface area contributed by atoms with Gasteiger partial charge in [0.2, 0.25) is 15.9 Å². The van der Waals surface area contributed by atoms with Gasteiger partial charge in [-0.2, -0.15) is 0 Å². The summed E-state index contributed by atoms with van der Waals surface area (Å²) in [5.41, 5.74) is 1.57. The molecule has 33 heavy (non-hydrogen) atoms. The lowest BCUT2D eigenvalue weighted by Gasteiger charge is -2.26. The van der Waals surface area contributed by atoms with Gasteiger partial charge in [-0.3, -0.25) is 4.79 Å². The summed E-state index contributed by atoms with van der Waals surface area (Å²) in [6.45, 7) is 7.05. The number of hydrogen-bond acceptors (Lipinski definition) is 5. The number of sulfonamides is 1. The van der Waals surface area contributed by atoms with Crippen LogP contribution in [0.25, 0.3) is 11.0 Å². The first-order chi connectivity index (χ1) is 15.8. The Hall–Kier alpha value is -1.97. The Morgan fingerprint density at radius 2 is 1.88 bits per heavy atom. The number of aryl methyl sites for hydroxylation is 2. The van der Waals surface area contributed by atoms with Crippen LogP contribution in [0, 0.1) is 0 Å². The summed E-state index contributed by atoms with van der Waals surface area (Å²) in [6, 6.07) is 5.11. The van der Waals surface area contributed by atoms with Gasteiger partial charge in [-0.15, -0.1) is 0 Å². The second-order valence-electron chi connectivity index (χ2n) is 9.08. The number of benzene rings is 1. The number of fused-ring (bicyclic) bond motifs is 1. The molecule has 0 unspecified atom stereocenters. The van der Waals surface area contributed by atoms with E-state index in [2.05, 4.69) is 21.7 Å². The van der Waals surface area contributed by atoms with Crippen LogP contribution >= 0.6 is 0 Å². The first-order valence-corrected chi connectivity index (χ1v) is 13.7. The maximum Gasteiger partial charge on any atom is 0.242 e. The van der Waals surface area contributed by atoms with E-state index in [1.54, 1.807) is 12.1 Å². The fraction of sp³-hybridized carbons (Fsp3) is 0.667. The normalized spacial score (nSPS) is 15.4. The van der Waals surface area contributed by atoms with Crippen molar-refractivity contribution in [2.45, 2.75) is 69.7 Å². The molecule has 2 aromatic rings.